The van der Waals surface area contributed by atoms with E-state index in [1.807, 2.05) is 0 Å². The fraction of sp³-hybridized carbons (Fsp3) is 0.923. The van der Waals surface area contributed by atoms with Crippen LogP contribution in [0.3, 0.4) is 0 Å². The third kappa shape index (κ3) is 2.28. The van der Waals surface area contributed by atoms with Gasteiger partial charge in [0.05, 0.1) is 18.8 Å². The average Bonchev–Trinajstić information content (AvgIpc) is 2.61. The van der Waals surface area contributed by atoms with Crippen LogP contribution in [-0.2, 0) is 4.74 Å². The lowest BCUT2D eigenvalue weighted by atomic mass is 9.71. The summed E-state index contributed by atoms with van der Waals surface area (Å²) < 4.78 is 6.04. The third-order valence-electron chi connectivity index (χ3n) is 4.25. The quantitative estimate of drug-likeness (QED) is 0.709. The summed E-state index contributed by atoms with van der Waals surface area (Å²) in [5.74, 6) is 0.456. The fourth-order valence-corrected chi connectivity index (χ4v) is 3.60. The van der Waals surface area contributed by atoms with Crippen LogP contribution in [0.15, 0.2) is 0 Å². The number of hydrogen-bond donors (Lipinski definition) is 1. The van der Waals surface area contributed by atoms with Crippen molar-refractivity contribution in [3.63, 3.8) is 0 Å². The summed E-state index contributed by atoms with van der Waals surface area (Å²) in [6, 6.07) is 0. The minimum Gasteiger partial charge on any atom is -0.465 e. The molecule has 2 unspecified atom stereocenters. The second kappa shape index (κ2) is 4.16. The maximum Gasteiger partial charge on any atom is 0.407 e. The smallest absolute Gasteiger partial charge is 0.407 e. The van der Waals surface area contributed by atoms with Gasteiger partial charge in [-0.1, -0.05) is 27.2 Å². The molecule has 4 nitrogen and oxygen atoms in total. The number of rotatable bonds is 0. The first-order valence-corrected chi connectivity index (χ1v) is 6.47. The van der Waals surface area contributed by atoms with E-state index in [1.165, 1.54) is 4.90 Å². The Morgan fingerprint density at radius 3 is 2.76 bits per heavy atom. The zero-order valence-corrected chi connectivity index (χ0v) is 11.0. The zero-order valence-electron chi connectivity index (χ0n) is 11.0. The Morgan fingerprint density at radius 2 is 2.18 bits per heavy atom. The first-order chi connectivity index (χ1) is 7.85. The van der Waals surface area contributed by atoms with Crippen LogP contribution in [0, 0.1) is 11.3 Å². The van der Waals surface area contributed by atoms with Crippen molar-refractivity contribution >= 4 is 6.09 Å². The lowest BCUT2D eigenvalue weighted by Gasteiger charge is -2.47. The van der Waals surface area contributed by atoms with Crippen molar-refractivity contribution in [2.75, 3.05) is 19.7 Å². The van der Waals surface area contributed by atoms with Crippen LogP contribution in [0.4, 0.5) is 4.79 Å². The molecule has 2 rings (SSSR count). The van der Waals surface area contributed by atoms with Gasteiger partial charge in [0.1, 0.15) is 0 Å². The number of hydrogen-bond acceptors (Lipinski definition) is 2. The highest BCUT2D eigenvalue weighted by molar-refractivity contribution is 5.65. The number of nitrogens with zero attached hydrogens (tertiary/aromatic N) is 1. The highest BCUT2D eigenvalue weighted by atomic mass is 16.5. The van der Waals surface area contributed by atoms with E-state index in [0.717, 1.165) is 19.3 Å². The maximum atomic E-state index is 11.1. The van der Waals surface area contributed by atoms with E-state index in [9.17, 15) is 4.79 Å². The molecule has 1 N–H and O–H groups in total. The van der Waals surface area contributed by atoms with Gasteiger partial charge in [0.15, 0.2) is 0 Å². The predicted molar refractivity (Wildman–Crippen MR) is 65.1 cm³/mol. The lowest BCUT2D eigenvalue weighted by Crippen LogP contribution is -2.57. The molecule has 0 bridgehead atoms. The van der Waals surface area contributed by atoms with Crippen LogP contribution < -0.4 is 0 Å². The van der Waals surface area contributed by atoms with E-state index in [4.69, 9.17) is 9.84 Å². The second-order valence-corrected chi connectivity index (χ2v) is 6.43. The number of morpholine rings is 1. The van der Waals surface area contributed by atoms with Crippen LogP contribution in [0.5, 0.6) is 0 Å². The van der Waals surface area contributed by atoms with Gasteiger partial charge in [-0.25, -0.2) is 4.79 Å². The molecule has 98 valence electrons. The number of ether oxygens (including phenoxy) is 1. The highest BCUT2D eigenvalue weighted by Gasteiger charge is 2.51. The van der Waals surface area contributed by atoms with Crippen molar-refractivity contribution in [3.8, 4) is 0 Å². The zero-order chi connectivity index (χ0) is 12.7. The Morgan fingerprint density at radius 1 is 1.47 bits per heavy atom. The molecule has 1 heterocycles. The molecule has 17 heavy (non-hydrogen) atoms. The Kier molecular flexibility index (Phi) is 3.10. The fourth-order valence-electron chi connectivity index (χ4n) is 3.60. The Bertz CT molecular complexity index is 310. The van der Waals surface area contributed by atoms with E-state index < -0.39 is 6.09 Å². The van der Waals surface area contributed by atoms with Crippen LogP contribution in [0.2, 0.25) is 0 Å². The van der Waals surface area contributed by atoms with Crippen molar-refractivity contribution in [3.05, 3.63) is 0 Å². The summed E-state index contributed by atoms with van der Waals surface area (Å²) in [5, 5.41) is 9.14. The molecule has 4 heteroatoms. The number of carbonyl (C=O) groups is 1. The second-order valence-electron chi connectivity index (χ2n) is 6.43. The lowest BCUT2D eigenvalue weighted by molar-refractivity contribution is -0.142. The molecule has 1 aliphatic carbocycles. The van der Waals surface area contributed by atoms with Crippen LogP contribution in [0.25, 0.3) is 0 Å². The Balaban J connectivity index is 2.19. The Labute approximate surface area is 103 Å². The molecule has 2 atom stereocenters. The summed E-state index contributed by atoms with van der Waals surface area (Å²) in [6.45, 7) is 8.28. The number of amides is 1. The van der Waals surface area contributed by atoms with Crippen LogP contribution in [0.1, 0.15) is 40.0 Å². The van der Waals surface area contributed by atoms with Gasteiger partial charge in [-0.2, -0.15) is 0 Å². The molecular weight excluding hydrogens is 218 g/mol. The van der Waals surface area contributed by atoms with Gasteiger partial charge in [-0.15, -0.1) is 0 Å². The molecular formula is C13H23NO3. The monoisotopic (exact) mass is 241 g/mol. The molecule has 2 fully saturated rings. The third-order valence-corrected chi connectivity index (χ3v) is 4.25. The Hall–Kier alpha value is -0.770. The average molecular weight is 241 g/mol. The van der Waals surface area contributed by atoms with Crippen molar-refractivity contribution in [2.24, 2.45) is 11.3 Å². The van der Waals surface area contributed by atoms with Crippen molar-refractivity contribution in [2.45, 2.75) is 45.6 Å². The molecule has 0 radical (unpaired) electrons. The van der Waals surface area contributed by atoms with Gasteiger partial charge >= 0.3 is 6.09 Å². The maximum absolute atomic E-state index is 11.1. The van der Waals surface area contributed by atoms with E-state index >= 15 is 0 Å². The summed E-state index contributed by atoms with van der Waals surface area (Å²) in [6.07, 6.45) is 2.48. The van der Waals surface area contributed by atoms with Gasteiger partial charge in [-0.05, 0) is 24.2 Å². The standard InChI is InChI=1S/C13H23NO3/c1-12(2,3)10-5-4-6-13(10)9-14(11(15)16)7-8-17-13/h10H,4-9H2,1-3H3,(H,15,16). The van der Waals surface area contributed by atoms with Crippen LogP contribution >= 0.6 is 0 Å². The molecule has 1 saturated heterocycles. The molecule has 2 aliphatic rings. The van der Waals surface area contributed by atoms with E-state index in [1.54, 1.807) is 0 Å². The van der Waals surface area contributed by atoms with Gasteiger partial charge in [0, 0.05) is 6.54 Å². The molecule has 0 aromatic carbocycles. The highest BCUT2D eigenvalue weighted by Crippen LogP contribution is 2.49. The summed E-state index contributed by atoms with van der Waals surface area (Å²) in [5.41, 5.74) is -0.0487. The minimum absolute atomic E-state index is 0.179. The van der Waals surface area contributed by atoms with Crippen molar-refractivity contribution in [1.29, 1.82) is 0 Å². The first kappa shape index (κ1) is 12.7. The largest absolute Gasteiger partial charge is 0.465 e. The molecule has 1 aliphatic heterocycles. The van der Waals surface area contributed by atoms with Crippen LogP contribution in [-0.4, -0.2) is 41.4 Å². The van der Waals surface area contributed by atoms with Crippen molar-refractivity contribution in [1.82, 2.24) is 4.90 Å². The molecule has 1 spiro atoms. The van der Waals surface area contributed by atoms with Gasteiger partial charge in [0.25, 0.3) is 0 Å². The minimum atomic E-state index is -0.813. The summed E-state index contributed by atoms with van der Waals surface area (Å²) in [4.78, 5) is 12.6. The SMILES string of the molecule is CC(C)(C)C1CCCC12CN(C(=O)O)CCO2. The first-order valence-electron chi connectivity index (χ1n) is 6.47. The van der Waals surface area contributed by atoms with E-state index in [-0.39, 0.29) is 11.0 Å². The van der Waals surface area contributed by atoms with Crippen molar-refractivity contribution < 1.29 is 14.6 Å². The summed E-state index contributed by atoms with van der Waals surface area (Å²) in [7, 11) is 0. The molecule has 1 amide bonds. The molecule has 0 aromatic heterocycles. The topological polar surface area (TPSA) is 49.8 Å². The van der Waals surface area contributed by atoms with E-state index in [0.29, 0.717) is 25.6 Å². The molecule has 0 aromatic rings. The van der Waals surface area contributed by atoms with Gasteiger partial charge < -0.3 is 14.7 Å². The molecule has 1 saturated carbocycles. The number of carboxylic acid groups (broad SMARTS) is 1. The van der Waals surface area contributed by atoms with Gasteiger partial charge in [0.2, 0.25) is 0 Å². The predicted octanol–water partition coefficient (Wildman–Crippen LogP) is 2.58. The normalized spacial score (nSPS) is 34.3. The van der Waals surface area contributed by atoms with Gasteiger partial charge in [-0.3, -0.25) is 0 Å². The summed E-state index contributed by atoms with van der Waals surface area (Å²) >= 11 is 0. The van der Waals surface area contributed by atoms with E-state index in [2.05, 4.69) is 20.8 Å².